The lowest BCUT2D eigenvalue weighted by Crippen LogP contribution is -2.66. The van der Waals surface area contributed by atoms with E-state index in [1.807, 2.05) is 0 Å². The molecular formula is C30H60NO2. The van der Waals surface area contributed by atoms with Crippen LogP contribution in [0.3, 0.4) is 0 Å². The first-order valence-electron chi connectivity index (χ1n) is 14.9. The van der Waals surface area contributed by atoms with Crippen molar-refractivity contribution in [1.82, 2.24) is 5.06 Å². The van der Waals surface area contributed by atoms with Gasteiger partial charge in [-0.3, -0.25) is 0 Å². The second-order valence-corrected chi connectivity index (χ2v) is 11.7. The summed E-state index contributed by atoms with van der Waals surface area (Å²) in [5, 5.41) is 14.6. The average molecular weight is 467 g/mol. The molecule has 0 aromatic heterocycles. The molecule has 0 N–H and O–H groups in total. The van der Waals surface area contributed by atoms with E-state index < -0.39 is 0 Å². The van der Waals surface area contributed by atoms with Crippen LogP contribution < -0.4 is 0 Å². The standard InChI is InChI=1S/C30H60NO2/c1-8-11-12-13-14-15-16-17-18-19-20-21-22-23-24-26(4)33-28-25-29(6,9-2)31(32)30(7,10-3)27(28)5/h26-28H,8-25H2,1-7H3. The highest BCUT2D eigenvalue weighted by Crippen LogP contribution is 2.46. The van der Waals surface area contributed by atoms with Crippen LogP contribution in [0.2, 0.25) is 0 Å². The van der Waals surface area contributed by atoms with Crippen LogP contribution in [-0.2, 0) is 9.94 Å². The van der Waals surface area contributed by atoms with Crippen molar-refractivity contribution in [1.29, 1.82) is 0 Å². The van der Waals surface area contributed by atoms with E-state index in [1.54, 1.807) is 0 Å². The van der Waals surface area contributed by atoms with Gasteiger partial charge in [-0.25, -0.2) is 0 Å². The van der Waals surface area contributed by atoms with Gasteiger partial charge in [0.2, 0.25) is 0 Å². The molecule has 1 radical (unpaired) electrons. The summed E-state index contributed by atoms with van der Waals surface area (Å²) in [6.45, 7) is 15.3. The second kappa shape index (κ2) is 16.5. The molecule has 1 aliphatic rings. The summed E-state index contributed by atoms with van der Waals surface area (Å²) in [6.07, 6.45) is 23.9. The molecule has 0 aliphatic carbocycles. The van der Waals surface area contributed by atoms with Crippen LogP contribution in [0.15, 0.2) is 0 Å². The van der Waals surface area contributed by atoms with Gasteiger partial charge in [-0.05, 0) is 46.5 Å². The van der Waals surface area contributed by atoms with Gasteiger partial charge in [0.25, 0.3) is 0 Å². The number of hydrogen-bond acceptors (Lipinski definition) is 2. The number of piperidine rings is 1. The van der Waals surface area contributed by atoms with Gasteiger partial charge in [0.1, 0.15) is 0 Å². The average Bonchev–Trinajstić information content (AvgIpc) is 2.81. The number of ether oxygens (including phenoxy) is 1. The Bertz CT molecular complexity index is 484. The van der Waals surface area contributed by atoms with Crippen molar-refractivity contribution >= 4 is 0 Å². The fourth-order valence-corrected chi connectivity index (χ4v) is 5.81. The molecule has 0 amide bonds. The van der Waals surface area contributed by atoms with Crippen molar-refractivity contribution in [2.75, 3.05) is 0 Å². The Balaban J connectivity index is 2.15. The minimum Gasteiger partial charge on any atom is -0.375 e. The zero-order chi connectivity index (χ0) is 24.7. The van der Waals surface area contributed by atoms with Crippen molar-refractivity contribution < 1.29 is 9.94 Å². The Kier molecular flexibility index (Phi) is 15.5. The molecule has 1 heterocycles. The summed E-state index contributed by atoms with van der Waals surface area (Å²) < 4.78 is 6.59. The lowest BCUT2D eigenvalue weighted by atomic mass is 9.69. The maximum absolute atomic E-state index is 13.2. The highest BCUT2D eigenvalue weighted by molar-refractivity contribution is 5.03. The van der Waals surface area contributed by atoms with Crippen molar-refractivity contribution in [2.24, 2.45) is 5.92 Å². The van der Waals surface area contributed by atoms with Crippen LogP contribution in [0.4, 0.5) is 0 Å². The summed E-state index contributed by atoms with van der Waals surface area (Å²) >= 11 is 0. The Morgan fingerprint density at radius 2 is 1.24 bits per heavy atom. The second-order valence-electron chi connectivity index (χ2n) is 11.7. The Morgan fingerprint density at radius 1 is 0.788 bits per heavy atom. The molecule has 0 bridgehead atoms. The van der Waals surface area contributed by atoms with Crippen LogP contribution in [-0.4, -0.2) is 28.3 Å². The largest absolute Gasteiger partial charge is 0.375 e. The molecule has 1 aliphatic heterocycles. The number of nitrogens with zero attached hydrogens (tertiary/aromatic N) is 1. The molecule has 33 heavy (non-hydrogen) atoms. The van der Waals surface area contributed by atoms with Gasteiger partial charge in [0.05, 0.1) is 17.7 Å². The predicted octanol–water partition coefficient (Wildman–Crippen LogP) is 9.66. The first-order valence-corrected chi connectivity index (χ1v) is 14.9. The smallest absolute Gasteiger partial charge is 0.0641 e. The number of hydrogen-bond donors (Lipinski definition) is 0. The molecule has 3 heteroatoms. The normalized spacial score (nSPS) is 29.5. The van der Waals surface area contributed by atoms with E-state index >= 15 is 0 Å². The molecule has 5 atom stereocenters. The highest BCUT2D eigenvalue weighted by atomic mass is 16.5. The molecule has 1 saturated heterocycles. The van der Waals surface area contributed by atoms with Crippen molar-refractivity contribution in [3.8, 4) is 0 Å². The van der Waals surface area contributed by atoms with Gasteiger partial charge in [-0.2, -0.15) is 0 Å². The maximum atomic E-state index is 13.2. The molecule has 0 aromatic rings. The van der Waals surface area contributed by atoms with E-state index in [-0.39, 0.29) is 29.2 Å². The minimum atomic E-state index is -0.331. The number of unbranched alkanes of at least 4 members (excludes halogenated alkanes) is 13. The summed E-state index contributed by atoms with van der Waals surface area (Å²) in [4.78, 5) is 0. The van der Waals surface area contributed by atoms with Crippen molar-refractivity contribution in [2.45, 2.75) is 187 Å². The van der Waals surface area contributed by atoms with E-state index in [0.29, 0.717) is 0 Å². The fourth-order valence-electron chi connectivity index (χ4n) is 5.81. The van der Waals surface area contributed by atoms with E-state index in [9.17, 15) is 5.21 Å². The van der Waals surface area contributed by atoms with E-state index in [1.165, 1.54) is 95.0 Å². The Hall–Kier alpha value is -0.120. The fraction of sp³-hybridized carbons (Fsp3) is 1.00. The molecular weight excluding hydrogens is 406 g/mol. The predicted molar refractivity (Wildman–Crippen MR) is 143 cm³/mol. The van der Waals surface area contributed by atoms with Gasteiger partial charge in [-0.15, -0.1) is 10.3 Å². The molecule has 1 rings (SSSR count). The minimum absolute atomic E-state index is 0.187. The zero-order valence-electron chi connectivity index (χ0n) is 23.7. The molecule has 0 spiro atoms. The van der Waals surface area contributed by atoms with Crippen LogP contribution in [0.1, 0.15) is 164 Å². The van der Waals surface area contributed by atoms with Crippen LogP contribution >= 0.6 is 0 Å². The Labute approximate surface area is 208 Å². The van der Waals surface area contributed by atoms with Gasteiger partial charge < -0.3 is 4.74 Å². The Morgan fingerprint density at radius 3 is 1.67 bits per heavy atom. The molecule has 0 saturated carbocycles. The van der Waals surface area contributed by atoms with Crippen LogP contribution in [0, 0.1) is 5.92 Å². The van der Waals surface area contributed by atoms with Gasteiger partial charge in [0.15, 0.2) is 0 Å². The monoisotopic (exact) mass is 466 g/mol. The first-order chi connectivity index (χ1) is 15.7. The van der Waals surface area contributed by atoms with Crippen molar-refractivity contribution in [3.63, 3.8) is 0 Å². The van der Waals surface area contributed by atoms with Crippen molar-refractivity contribution in [3.05, 3.63) is 0 Å². The van der Waals surface area contributed by atoms with Crippen LogP contribution in [0.5, 0.6) is 0 Å². The number of hydroxylamine groups is 2. The van der Waals surface area contributed by atoms with Gasteiger partial charge in [-0.1, -0.05) is 118 Å². The lowest BCUT2D eigenvalue weighted by molar-refractivity contribution is -0.329. The van der Waals surface area contributed by atoms with E-state index in [0.717, 1.165) is 25.7 Å². The zero-order valence-corrected chi connectivity index (χ0v) is 23.7. The number of rotatable bonds is 19. The SMILES string of the molecule is CCCCCCCCCCCCCCCCC(C)OC1CC(C)(CC)N([O])C(C)(CC)C1C. The van der Waals surface area contributed by atoms with E-state index in [2.05, 4.69) is 48.5 Å². The molecule has 0 aromatic carbocycles. The first kappa shape index (κ1) is 30.9. The summed E-state index contributed by atoms with van der Waals surface area (Å²) in [7, 11) is 0. The lowest BCUT2D eigenvalue weighted by Gasteiger charge is -2.56. The highest BCUT2D eigenvalue weighted by Gasteiger charge is 2.54. The van der Waals surface area contributed by atoms with Gasteiger partial charge in [0, 0.05) is 11.5 Å². The third kappa shape index (κ3) is 10.2. The third-order valence-electron chi connectivity index (χ3n) is 8.98. The maximum Gasteiger partial charge on any atom is 0.0641 e. The molecule has 5 unspecified atom stereocenters. The van der Waals surface area contributed by atoms with Crippen LogP contribution in [0.25, 0.3) is 0 Å². The molecule has 197 valence electrons. The molecule has 1 fully saturated rings. The summed E-state index contributed by atoms with van der Waals surface area (Å²) in [5.41, 5.74) is -0.640. The summed E-state index contributed by atoms with van der Waals surface area (Å²) in [6, 6.07) is 0. The quantitative estimate of drug-likeness (QED) is 0.177. The molecule has 3 nitrogen and oxygen atoms in total. The third-order valence-corrected chi connectivity index (χ3v) is 8.98. The summed E-state index contributed by atoms with van der Waals surface area (Å²) in [5.74, 6) is 0.262. The topological polar surface area (TPSA) is 32.4 Å². The van der Waals surface area contributed by atoms with Gasteiger partial charge >= 0.3 is 0 Å². The van der Waals surface area contributed by atoms with E-state index in [4.69, 9.17) is 4.74 Å².